The van der Waals surface area contributed by atoms with E-state index in [1.54, 1.807) is 0 Å². The Morgan fingerprint density at radius 2 is 2.18 bits per heavy atom. The minimum Gasteiger partial charge on any atom is -0.271 e. The monoisotopic (exact) mass is 232 g/mol. The minimum absolute atomic E-state index is 0.357. The summed E-state index contributed by atoms with van der Waals surface area (Å²) >= 11 is 0. The highest BCUT2D eigenvalue weighted by Gasteiger charge is 2.09. The summed E-state index contributed by atoms with van der Waals surface area (Å²) in [5.74, 6) is 5.62. The van der Waals surface area contributed by atoms with Crippen molar-refractivity contribution < 1.29 is 0 Å². The number of benzene rings is 1. The number of nitrogens with two attached hydrogens (primary N) is 1. The highest BCUT2D eigenvalue weighted by molar-refractivity contribution is 5.31. The van der Waals surface area contributed by atoms with E-state index in [9.17, 15) is 0 Å². The molecule has 0 spiro atoms. The quantitative estimate of drug-likeness (QED) is 0.328. The van der Waals surface area contributed by atoms with Gasteiger partial charge in [-0.05, 0) is 50.7 Å². The van der Waals surface area contributed by atoms with Gasteiger partial charge in [0.1, 0.15) is 0 Å². The first-order chi connectivity index (χ1) is 8.17. The average molecular weight is 232 g/mol. The average Bonchev–Trinajstić information content (AvgIpc) is 2.32. The second-order valence-corrected chi connectivity index (χ2v) is 4.72. The van der Waals surface area contributed by atoms with Gasteiger partial charge < -0.3 is 0 Å². The molecule has 0 heterocycles. The topological polar surface area (TPSA) is 38.0 Å². The summed E-state index contributed by atoms with van der Waals surface area (Å²) in [5, 5.41) is 0. The number of unbranched alkanes of at least 4 members (excludes halogenated alkanes) is 1. The number of hydrazine groups is 1. The maximum atomic E-state index is 5.62. The van der Waals surface area contributed by atoms with E-state index in [4.69, 9.17) is 5.84 Å². The molecule has 3 N–H and O–H groups in total. The summed E-state index contributed by atoms with van der Waals surface area (Å²) in [6.45, 7) is 8.03. The lowest BCUT2D eigenvalue weighted by Gasteiger charge is -2.17. The molecule has 17 heavy (non-hydrogen) atoms. The first-order valence-corrected chi connectivity index (χ1v) is 6.30. The maximum Gasteiger partial charge on any atom is 0.0251 e. The molecule has 0 aliphatic rings. The van der Waals surface area contributed by atoms with E-state index in [0.717, 1.165) is 25.7 Å². The van der Waals surface area contributed by atoms with Crippen molar-refractivity contribution in [3.63, 3.8) is 0 Å². The lowest BCUT2D eigenvalue weighted by Crippen LogP contribution is -2.36. The Morgan fingerprint density at radius 1 is 1.41 bits per heavy atom. The standard InChI is InChI=1S/C15H24N2/c1-4-5-6-7-15(17-16)11-14-10-12(2)8-9-13(14)3/h4,8-10,15,17H,1,5-7,11,16H2,2-3H3. The predicted molar refractivity (Wildman–Crippen MR) is 74.8 cm³/mol. The number of allylic oxidation sites excluding steroid dienone is 1. The molecule has 0 aliphatic carbocycles. The van der Waals surface area contributed by atoms with E-state index in [-0.39, 0.29) is 0 Å². The lowest BCUT2D eigenvalue weighted by atomic mass is 9.96. The molecule has 0 aromatic heterocycles. The summed E-state index contributed by atoms with van der Waals surface area (Å²) in [7, 11) is 0. The second kappa shape index (κ2) is 7.25. The maximum absolute atomic E-state index is 5.62. The highest BCUT2D eigenvalue weighted by Crippen LogP contribution is 2.15. The van der Waals surface area contributed by atoms with Crippen molar-refractivity contribution in [2.75, 3.05) is 0 Å². The van der Waals surface area contributed by atoms with Crippen molar-refractivity contribution in [1.82, 2.24) is 5.43 Å². The highest BCUT2D eigenvalue weighted by atomic mass is 15.2. The van der Waals surface area contributed by atoms with Crippen LogP contribution in [0.2, 0.25) is 0 Å². The number of nitrogens with one attached hydrogen (secondary N) is 1. The van der Waals surface area contributed by atoms with Crippen LogP contribution in [0.25, 0.3) is 0 Å². The number of rotatable bonds is 7. The summed E-state index contributed by atoms with van der Waals surface area (Å²) in [4.78, 5) is 0. The fourth-order valence-electron chi connectivity index (χ4n) is 2.04. The number of hydrogen-bond acceptors (Lipinski definition) is 2. The van der Waals surface area contributed by atoms with Crippen molar-refractivity contribution in [3.8, 4) is 0 Å². The van der Waals surface area contributed by atoms with Gasteiger partial charge in [0.2, 0.25) is 0 Å². The Bertz CT molecular complexity index is 358. The van der Waals surface area contributed by atoms with Crippen LogP contribution in [0.5, 0.6) is 0 Å². The van der Waals surface area contributed by atoms with Crippen LogP contribution in [0.15, 0.2) is 30.9 Å². The first-order valence-electron chi connectivity index (χ1n) is 6.30. The zero-order valence-corrected chi connectivity index (χ0v) is 11.0. The van der Waals surface area contributed by atoms with Crippen LogP contribution in [0.4, 0.5) is 0 Å². The van der Waals surface area contributed by atoms with Crippen molar-refractivity contribution in [1.29, 1.82) is 0 Å². The largest absolute Gasteiger partial charge is 0.271 e. The van der Waals surface area contributed by atoms with Gasteiger partial charge in [0, 0.05) is 6.04 Å². The van der Waals surface area contributed by atoms with Gasteiger partial charge in [-0.2, -0.15) is 0 Å². The van der Waals surface area contributed by atoms with E-state index < -0.39 is 0 Å². The molecule has 1 aromatic carbocycles. The van der Waals surface area contributed by atoms with Gasteiger partial charge >= 0.3 is 0 Å². The van der Waals surface area contributed by atoms with Gasteiger partial charge in [0.15, 0.2) is 0 Å². The predicted octanol–water partition coefficient (Wildman–Crippen LogP) is 3.03. The fourth-order valence-corrected chi connectivity index (χ4v) is 2.04. The molecule has 1 unspecified atom stereocenters. The number of aryl methyl sites for hydroxylation is 2. The zero-order chi connectivity index (χ0) is 12.7. The van der Waals surface area contributed by atoms with E-state index in [0.29, 0.717) is 6.04 Å². The smallest absolute Gasteiger partial charge is 0.0251 e. The molecule has 0 fully saturated rings. The fraction of sp³-hybridized carbons (Fsp3) is 0.467. The van der Waals surface area contributed by atoms with Crippen molar-refractivity contribution >= 4 is 0 Å². The van der Waals surface area contributed by atoms with Crippen LogP contribution in [0, 0.1) is 13.8 Å². The molecule has 2 heteroatoms. The molecule has 94 valence electrons. The third-order valence-corrected chi connectivity index (χ3v) is 3.17. The molecule has 1 aromatic rings. The zero-order valence-electron chi connectivity index (χ0n) is 11.0. The SMILES string of the molecule is C=CCCCC(Cc1cc(C)ccc1C)NN. The molecule has 1 rings (SSSR count). The van der Waals surface area contributed by atoms with Crippen LogP contribution in [-0.4, -0.2) is 6.04 Å². The van der Waals surface area contributed by atoms with E-state index >= 15 is 0 Å². The van der Waals surface area contributed by atoms with E-state index in [2.05, 4.69) is 44.1 Å². The van der Waals surface area contributed by atoms with Gasteiger partial charge in [0.05, 0.1) is 0 Å². The molecule has 0 amide bonds. The van der Waals surface area contributed by atoms with E-state index in [1.165, 1.54) is 16.7 Å². The summed E-state index contributed by atoms with van der Waals surface area (Å²) in [5.41, 5.74) is 6.98. The molecular formula is C15H24N2. The Hall–Kier alpha value is -1.12. The third-order valence-electron chi connectivity index (χ3n) is 3.17. The Morgan fingerprint density at radius 3 is 2.82 bits per heavy atom. The van der Waals surface area contributed by atoms with Crippen molar-refractivity contribution in [2.45, 2.75) is 45.6 Å². The van der Waals surface area contributed by atoms with Gasteiger partial charge in [-0.3, -0.25) is 11.3 Å². The minimum atomic E-state index is 0.357. The van der Waals surface area contributed by atoms with Crippen LogP contribution in [0.1, 0.15) is 36.0 Å². The van der Waals surface area contributed by atoms with Gasteiger partial charge in [-0.15, -0.1) is 6.58 Å². The first kappa shape index (κ1) is 13.9. The molecule has 0 saturated heterocycles. The van der Waals surface area contributed by atoms with Gasteiger partial charge in [-0.25, -0.2) is 0 Å². The van der Waals surface area contributed by atoms with E-state index in [1.807, 2.05) is 6.08 Å². The van der Waals surface area contributed by atoms with Crippen LogP contribution >= 0.6 is 0 Å². The van der Waals surface area contributed by atoms with Crippen LogP contribution in [-0.2, 0) is 6.42 Å². The molecule has 0 radical (unpaired) electrons. The summed E-state index contributed by atoms with van der Waals surface area (Å²) < 4.78 is 0. The lowest BCUT2D eigenvalue weighted by molar-refractivity contribution is 0.477. The van der Waals surface area contributed by atoms with Gasteiger partial charge in [-0.1, -0.05) is 29.8 Å². The molecule has 0 aliphatic heterocycles. The molecular weight excluding hydrogens is 208 g/mol. The normalized spacial score (nSPS) is 12.4. The Labute approximate surface area is 105 Å². The third kappa shape index (κ3) is 4.72. The van der Waals surface area contributed by atoms with Crippen LogP contribution < -0.4 is 11.3 Å². The molecule has 1 atom stereocenters. The summed E-state index contributed by atoms with van der Waals surface area (Å²) in [6, 6.07) is 6.95. The van der Waals surface area contributed by atoms with Crippen LogP contribution in [0.3, 0.4) is 0 Å². The molecule has 2 nitrogen and oxygen atoms in total. The number of hydrogen-bond donors (Lipinski definition) is 2. The van der Waals surface area contributed by atoms with Crippen molar-refractivity contribution in [2.24, 2.45) is 5.84 Å². The molecule has 0 saturated carbocycles. The second-order valence-electron chi connectivity index (χ2n) is 4.72. The Kier molecular flexibility index (Phi) is 5.95. The van der Waals surface area contributed by atoms with Crippen molar-refractivity contribution in [3.05, 3.63) is 47.5 Å². The summed E-state index contributed by atoms with van der Waals surface area (Å²) in [6.07, 6.45) is 6.26. The van der Waals surface area contributed by atoms with Gasteiger partial charge in [0.25, 0.3) is 0 Å². The Balaban J connectivity index is 2.60. The molecule has 0 bridgehead atoms.